The van der Waals surface area contributed by atoms with E-state index in [-0.39, 0.29) is 0 Å². The minimum Gasteiger partial charge on any atom is -0.383 e. The van der Waals surface area contributed by atoms with E-state index in [1.54, 1.807) is 29.1 Å². The summed E-state index contributed by atoms with van der Waals surface area (Å²) in [5.41, 5.74) is 2.28. The number of halogens is 2. The van der Waals surface area contributed by atoms with Crippen LogP contribution < -0.4 is 0 Å². The zero-order valence-corrected chi connectivity index (χ0v) is 11.0. The largest absolute Gasteiger partial charge is 0.383 e. The molecule has 1 aromatic heterocycles. The number of benzene rings is 1. The standard InChI is InChI=1S/C12H12Cl2N2O/c1-7-10(6-15-16(7)2)12(17)9-4-3-8(13)5-11(9)14/h3-6,12,17H,1-2H3. The maximum atomic E-state index is 10.3. The Bertz CT molecular complexity index is 551. The molecule has 1 N–H and O–H groups in total. The van der Waals surface area contributed by atoms with Crippen LogP contribution in [0.4, 0.5) is 0 Å². The Hall–Kier alpha value is -1.03. The van der Waals surface area contributed by atoms with Crippen LogP contribution in [0.2, 0.25) is 10.0 Å². The molecule has 1 heterocycles. The van der Waals surface area contributed by atoms with Gasteiger partial charge in [-0.1, -0.05) is 29.3 Å². The molecule has 0 spiro atoms. The van der Waals surface area contributed by atoms with Crippen LogP contribution in [-0.4, -0.2) is 14.9 Å². The molecule has 2 aromatic rings. The molecule has 1 atom stereocenters. The van der Waals surface area contributed by atoms with Crippen LogP contribution in [0.5, 0.6) is 0 Å². The third kappa shape index (κ3) is 2.32. The lowest BCUT2D eigenvalue weighted by Crippen LogP contribution is -2.02. The van der Waals surface area contributed by atoms with Crippen molar-refractivity contribution in [2.45, 2.75) is 13.0 Å². The smallest absolute Gasteiger partial charge is 0.109 e. The maximum Gasteiger partial charge on any atom is 0.109 e. The Kier molecular flexibility index (Phi) is 3.43. The van der Waals surface area contributed by atoms with E-state index in [9.17, 15) is 5.11 Å². The fourth-order valence-electron chi connectivity index (χ4n) is 1.67. The van der Waals surface area contributed by atoms with E-state index in [1.165, 1.54) is 0 Å². The topological polar surface area (TPSA) is 38.1 Å². The lowest BCUT2D eigenvalue weighted by atomic mass is 10.0. The van der Waals surface area contributed by atoms with Gasteiger partial charge in [-0.3, -0.25) is 4.68 Å². The molecule has 1 unspecified atom stereocenters. The van der Waals surface area contributed by atoms with Crippen LogP contribution in [0.1, 0.15) is 22.9 Å². The Morgan fingerprint density at radius 1 is 1.29 bits per heavy atom. The fourth-order valence-corrected chi connectivity index (χ4v) is 2.19. The molecule has 90 valence electrons. The first-order valence-corrected chi connectivity index (χ1v) is 5.88. The molecule has 0 aliphatic carbocycles. The van der Waals surface area contributed by atoms with E-state index in [0.717, 1.165) is 11.3 Å². The third-order valence-corrected chi connectivity index (χ3v) is 3.39. The fraction of sp³-hybridized carbons (Fsp3) is 0.250. The second-order valence-corrected chi connectivity index (χ2v) is 4.72. The zero-order chi connectivity index (χ0) is 12.6. The average Bonchev–Trinajstić information content (AvgIpc) is 2.59. The molecule has 0 bridgehead atoms. The first-order valence-electron chi connectivity index (χ1n) is 5.12. The second kappa shape index (κ2) is 4.69. The summed E-state index contributed by atoms with van der Waals surface area (Å²) in [6.07, 6.45) is 0.860. The third-order valence-electron chi connectivity index (χ3n) is 2.82. The van der Waals surface area contributed by atoms with Gasteiger partial charge in [-0.2, -0.15) is 5.10 Å². The van der Waals surface area contributed by atoms with Crippen molar-refractivity contribution in [3.8, 4) is 0 Å². The lowest BCUT2D eigenvalue weighted by molar-refractivity contribution is 0.219. The molecule has 2 rings (SSSR count). The molecule has 0 saturated carbocycles. The lowest BCUT2D eigenvalue weighted by Gasteiger charge is -2.12. The summed E-state index contributed by atoms with van der Waals surface area (Å²) in [7, 11) is 1.83. The highest BCUT2D eigenvalue weighted by molar-refractivity contribution is 6.35. The summed E-state index contributed by atoms with van der Waals surface area (Å²) in [5, 5.41) is 15.4. The van der Waals surface area contributed by atoms with Crippen molar-refractivity contribution in [1.82, 2.24) is 9.78 Å². The molecule has 0 fully saturated rings. The van der Waals surface area contributed by atoms with Crippen LogP contribution in [0.15, 0.2) is 24.4 Å². The molecule has 3 nitrogen and oxygen atoms in total. The Balaban J connectivity index is 2.43. The van der Waals surface area contributed by atoms with Gasteiger partial charge in [0.2, 0.25) is 0 Å². The molecule has 0 amide bonds. The van der Waals surface area contributed by atoms with E-state index in [4.69, 9.17) is 23.2 Å². The molecule has 0 radical (unpaired) electrons. The highest BCUT2D eigenvalue weighted by Crippen LogP contribution is 2.31. The Labute approximate surface area is 110 Å². The number of aliphatic hydroxyl groups is 1. The molecule has 0 aliphatic rings. The average molecular weight is 271 g/mol. The number of hydrogen-bond acceptors (Lipinski definition) is 2. The molecular formula is C12H12Cl2N2O. The van der Waals surface area contributed by atoms with Crippen LogP contribution in [-0.2, 0) is 7.05 Å². The molecule has 0 saturated heterocycles. The van der Waals surface area contributed by atoms with Crippen molar-refractivity contribution >= 4 is 23.2 Å². The Morgan fingerprint density at radius 3 is 2.53 bits per heavy atom. The maximum absolute atomic E-state index is 10.3. The van der Waals surface area contributed by atoms with E-state index in [2.05, 4.69) is 5.10 Å². The zero-order valence-electron chi connectivity index (χ0n) is 9.48. The number of aryl methyl sites for hydroxylation is 1. The van der Waals surface area contributed by atoms with Crippen LogP contribution in [0.25, 0.3) is 0 Å². The van der Waals surface area contributed by atoms with Gasteiger partial charge < -0.3 is 5.11 Å². The SMILES string of the molecule is Cc1c(C(O)c2ccc(Cl)cc2Cl)cnn1C. The van der Waals surface area contributed by atoms with E-state index >= 15 is 0 Å². The van der Waals surface area contributed by atoms with E-state index in [0.29, 0.717) is 15.6 Å². The van der Waals surface area contributed by atoms with Gasteiger partial charge in [0.05, 0.1) is 6.20 Å². The van der Waals surface area contributed by atoms with Gasteiger partial charge >= 0.3 is 0 Å². The van der Waals surface area contributed by atoms with Crippen molar-refractivity contribution in [2.24, 2.45) is 7.05 Å². The number of hydrogen-bond donors (Lipinski definition) is 1. The minimum absolute atomic E-state index is 0.452. The number of rotatable bonds is 2. The van der Waals surface area contributed by atoms with Gasteiger partial charge in [-0.05, 0) is 19.1 Å². The first kappa shape index (κ1) is 12.4. The molecule has 17 heavy (non-hydrogen) atoms. The highest BCUT2D eigenvalue weighted by Gasteiger charge is 2.18. The molecule has 5 heteroatoms. The predicted molar refractivity (Wildman–Crippen MR) is 68.5 cm³/mol. The molecular weight excluding hydrogens is 259 g/mol. The normalized spacial score (nSPS) is 12.8. The molecule has 1 aromatic carbocycles. The highest BCUT2D eigenvalue weighted by atomic mass is 35.5. The van der Waals surface area contributed by atoms with Crippen molar-refractivity contribution in [3.63, 3.8) is 0 Å². The predicted octanol–water partition coefficient (Wildman–Crippen LogP) is 3.12. The van der Waals surface area contributed by atoms with Gasteiger partial charge in [-0.15, -0.1) is 0 Å². The van der Waals surface area contributed by atoms with Crippen molar-refractivity contribution in [3.05, 3.63) is 51.3 Å². The van der Waals surface area contributed by atoms with Crippen molar-refractivity contribution in [2.75, 3.05) is 0 Å². The number of aromatic nitrogens is 2. The van der Waals surface area contributed by atoms with Crippen LogP contribution >= 0.6 is 23.2 Å². The van der Waals surface area contributed by atoms with Gasteiger partial charge in [0, 0.05) is 33.9 Å². The summed E-state index contributed by atoms with van der Waals surface area (Å²) in [6, 6.07) is 5.05. The summed E-state index contributed by atoms with van der Waals surface area (Å²) in [4.78, 5) is 0. The van der Waals surface area contributed by atoms with Gasteiger partial charge in [0.1, 0.15) is 6.10 Å². The summed E-state index contributed by atoms with van der Waals surface area (Å²) >= 11 is 11.9. The summed E-state index contributed by atoms with van der Waals surface area (Å²) < 4.78 is 1.71. The molecule has 0 aliphatic heterocycles. The van der Waals surface area contributed by atoms with Crippen LogP contribution in [0.3, 0.4) is 0 Å². The number of aliphatic hydroxyl groups excluding tert-OH is 1. The Morgan fingerprint density at radius 2 is 2.00 bits per heavy atom. The second-order valence-electron chi connectivity index (χ2n) is 3.88. The minimum atomic E-state index is -0.784. The van der Waals surface area contributed by atoms with Crippen LogP contribution in [0, 0.1) is 6.92 Å². The van der Waals surface area contributed by atoms with Gasteiger partial charge in [-0.25, -0.2) is 0 Å². The summed E-state index contributed by atoms with van der Waals surface area (Å²) in [6.45, 7) is 1.90. The van der Waals surface area contributed by atoms with E-state index in [1.807, 2.05) is 14.0 Å². The van der Waals surface area contributed by atoms with Gasteiger partial charge in [0.25, 0.3) is 0 Å². The van der Waals surface area contributed by atoms with Crippen molar-refractivity contribution in [1.29, 1.82) is 0 Å². The monoisotopic (exact) mass is 270 g/mol. The van der Waals surface area contributed by atoms with E-state index < -0.39 is 6.10 Å². The first-order chi connectivity index (χ1) is 8.00. The summed E-state index contributed by atoms with van der Waals surface area (Å²) in [5.74, 6) is 0. The number of nitrogens with zero attached hydrogens (tertiary/aromatic N) is 2. The van der Waals surface area contributed by atoms with Gasteiger partial charge in [0.15, 0.2) is 0 Å². The quantitative estimate of drug-likeness (QED) is 0.911. The van der Waals surface area contributed by atoms with Crippen molar-refractivity contribution < 1.29 is 5.11 Å².